The number of benzene rings is 3. The minimum absolute atomic E-state index is 0.0996. The quantitative estimate of drug-likeness (QED) is 0.503. The van der Waals surface area contributed by atoms with Crippen molar-refractivity contribution in [3.63, 3.8) is 0 Å². The van der Waals surface area contributed by atoms with Gasteiger partial charge in [-0.15, -0.1) is 0 Å². The van der Waals surface area contributed by atoms with Gasteiger partial charge in [-0.3, -0.25) is 0 Å². The van der Waals surface area contributed by atoms with E-state index in [4.69, 9.17) is 0 Å². The molecule has 0 amide bonds. The van der Waals surface area contributed by atoms with Gasteiger partial charge in [-0.05, 0) is 22.9 Å². The Bertz CT molecular complexity index is 732. The summed E-state index contributed by atoms with van der Waals surface area (Å²) in [6, 6.07) is 10.1. The SMILES string of the molecule is Fc1ccc2c(ccc3cccc(F)c32)c1F. The van der Waals surface area contributed by atoms with Gasteiger partial charge in [-0.1, -0.05) is 30.3 Å². The Balaban J connectivity index is 2.61. The second kappa shape index (κ2) is 3.48. The van der Waals surface area contributed by atoms with E-state index in [2.05, 4.69) is 0 Å². The molecule has 0 heterocycles. The molecule has 0 aliphatic rings. The van der Waals surface area contributed by atoms with Crippen LogP contribution in [0.3, 0.4) is 0 Å². The molecular formula is C14H7F3. The average Bonchev–Trinajstić information content (AvgIpc) is 2.33. The highest BCUT2D eigenvalue weighted by molar-refractivity contribution is 6.07. The molecule has 0 aromatic heterocycles. The van der Waals surface area contributed by atoms with E-state index in [-0.39, 0.29) is 5.39 Å². The minimum atomic E-state index is -0.937. The van der Waals surface area contributed by atoms with E-state index in [1.165, 1.54) is 18.2 Å². The maximum atomic E-state index is 13.7. The lowest BCUT2D eigenvalue weighted by molar-refractivity contribution is 0.517. The zero-order chi connectivity index (χ0) is 12.0. The lowest BCUT2D eigenvalue weighted by atomic mass is 10.0. The molecule has 84 valence electrons. The molecule has 0 saturated heterocycles. The van der Waals surface area contributed by atoms with Gasteiger partial charge in [-0.2, -0.15) is 0 Å². The maximum absolute atomic E-state index is 13.7. The molecule has 3 aromatic carbocycles. The highest BCUT2D eigenvalue weighted by Gasteiger charge is 2.11. The molecule has 3 heteroatoms. The second-order valence-corrected chi connectivity index (χ2v) is 3.86. The lowest BCUT2D eigenvalue weighted by Crippen LogP contribution is -1.88. The first-order valence-corrected chi connectivity index (χ1v) is 5.13. The highest BCUT2D eigenvalue weighted by Crippen LogP contribution is 2.29. The van der Waals surface area contributed by atoms with Crippen LogP contribution in [0.5, 0.6) is 0 Å². The zero-order valence-corrected chi connectivity index (χ0v) is 8.68. The fraction of sp³-hybridized carbons (Fsp3) is 0. The molecule has 3 aromatic rings. The molecule has 0 unspecified atom stereocenters. The fourth-order valence-corrected chi connectivity index (χ4v) is 2.08. The van der Waals surface area contributed by atoms with E-state index in [1.807, 2.05) is 0 Å². The van der Waals surface area contributed by atoms with Crippen LogP contribution in [-0.2, 0) is 0 Å². The number of fused-ring (bicyclic) bond motifs is 3. The van der Waals surface area contributed by atoms with Gasteiger partial charge in [-0.25, -0.2) is 13.2 Å². The fourth-order valence-electron chi connectivity index (χ4n) is 2.08. The first-order valence-electron chi connectivity index (χ1n) is 5.13. The summed E-state index contributed by atoms with van der Waals surface area (Å²) in [7, 11) is 0. The third-order valence-electron chi connectivity index (χ3n) is 2.88. The van der Waals surface area contributed by atoms with Crippen LogP contribution in [0.4, 0.5) is 13.2 Å². The van der Waals surface area contributed by atoms with Crippen molar-refractivity contribution in [3.8, 4) is 0 Å². The Kier molecular flexibility index (Phi) is 2.08. The Hall–Kier alpha value is -2.03. The summed E-state index contributed by atoms with van der Waals surface area (Å²) in [4.78, 5) is 0. The van der Waals surface area contributed by atoms with Gasteiger partial charge in [0.05, 0.1) is 0 Å². The van der Waals surface area contributed by atoms with Gasteiger partial charge in [0.25, 0.3) is 0 Å². The van der Waals surface area contributed by atoms with Gasteiger partial charge in [0.2, 0.25) is 0 Å². The first-order chi connectivity index (χ1) is 8.18. The van der Waals surface area contributed by atoms with Crippen LogP contribution in [0.1, 0.15) is 0 Å². The number of rotatable bonds is 0. The number of hydrogen-bond acceptors (Lipinski definition) is 0. The molecule has 0 radical (unpaired) electrons. The lowest BCUT2D eigenvalue weighted by Gasteiger charge is -2.06. The highest BCUT2D eigenvalue weighted by atomic mass is 19.2. The van der Waals surface area contributed by atoms with Gasteiger partial charge in [0, 0.05) is 10.8 Å². The standard InChI is InChI=1S/C14H7F3/c15-11-3-1-2-8-4-5-10-9(13(8)11)6-7-12(16)14(10)17/h1-7H. The topological polar surface area (TPSA) is 0 Å². The Morgan fingerprint density at radius 3 is 2.24 bits per heavy atom. The molecule has 0 N–H and O–H groups in total. The summed E-state index contributed by atoms with van der Waals surface area (Å²) in [6.07, 6.45) is 0. The summed E-state index contributed by atoms with van der Waals surface area (Å²) in [5.41, 5.74) is 0. The van der Waals surface area contributed by atoms with Crippen molar-refractivity contribution in [2.24, 2.45) is 0 Å². The normalized spacial score (nSPS) is 11.2. The van der Waals surface area contributed by atoms with Crippen molar-refractivity contribution >= 4 is 21.5 Å². The predicted octanol–water partition coefficient (Wildman–Crippen LogP) is 4.41. The molecule has 17 heavy (non-hydrogen) atoms. The summed E-state index contributed by atoms with van der Waals surface area (Å²) in [5, 5.41) is 1.48. The van der Waals surface area contributed by atoms with Crippen LogP contribution in [0, 0.1) is 17.5 Å². The summed E-state index contributed by atoms with van der Waals surface area (Å²) >= 11 is 0. The monoisotopic (exact) mass is 232 g/mol. The molecule has 0 saturated carbocycles. The van der Waals surface area contributed by atoms with Crippen LogP contribution >= 0.6 is 0 Å². The smallest absolute Gasteiger partial charge is 0.166 e. The third-order valence-corrected chi connectivity index (χ3v) is 2.88. The van der Waals surface area contributed by atoms with Gasteiger partial charge < -0.3 is 0 Å². The first kappa shape index (κ1) is 10.1. The molecule has 0 atom stereocenters. The molecule has 0 fully saturated rings. The largest absolute Gasteiger partial charge is 0.206 e. The maximum Gasteiger partial charge on any atom is 0.166 e. The van der Waals surface area contributed by atoms with Gasteiger partial charge in [0.1, 0.15) is 5.82 Å². The van der Waals surface area contributed by atoms with Crippen LogP contribution < -0.4 is 0 Å². The van der Waals surface area contributed by atoms with Gasteiger partial charge >= 0.3 is 0 Å². The second-order valence-electron chi connectivity index (χ2n) is 3.86. The number of halogens is 3. The number of hydrogen-bond donors (Lipinski definition) is 0. The van der Waals surface area contributed by atoms with Crippen molar-refractivity contribution in [3.05, 3.63) is 59.9 Å². The van der Waals surface area contributed by atoms with E-state index in [0.717, 1.165) is 6.07 Å². The summed E-state index contributed by atoms with van der Waals surface area (Å²) in [6.45, 7) is 0. The summed E-state index contributed by atoms with van der Waals surface area (Å²) in [5.74, 6) is -2.29. The minimum Gasteiger partial charge on any atom is -0.206 e. The Labute approximate surface area is 95.3 Å². The van der Waals surface area contributed by atoms with E-state index in [1.54, 1.807) is 18.2 Å². The van der Waals surface area contributed by atoms with E-state index < -0.39 is 17.5 Å². The predicted molar refractivity (Wildman–Crippen MR) is 61.3 cm³/mol. The third kappa shape index (κ3) is 1.39. The molecule has 0 aliphatic carbocycles. The molecule has 0 bridgehead atoms. The van der Waals surface area contributed by atoms with E-state index in [0.29, 0.717) is 16.2 Å². The van der Waals surface area contributed by atoms with E-state index >= 15 is 0 Å². The molecule has 3 rings (SSSR count). The molecule has 0 spiro atoms. The van der Waals surface area contributed by atoms with Gasteiger partial charge in [0.15, 0.2) is 11.6 Å². The van der Waals surface area contributed by atoms with Crippen LogP contribution in [0.2, 0.25) is 0 Å². The van der Waals surface area contributed by atoms with Crippen molar-refractivity contribution in [2.75, 3.05) is 0 Å². The van der Waals surface area contributed by atoms with E-state index in [9.17, 15) is 13.2 Å². The van der Waals surface area contributed by atoms with Crippen LogP contribution in [-0.4, -0.2) is 0 Å². The van der Waals surface area contributed by atoms with Crippen molar-refractivity contribution < 1.29 is 13.2 Å². The Morgan fingerprint density at radius 1 is 0.647 bits per heavy atom. The van der Waals surface area contributed by atoms with Crippen LogP contribution in [0.25, 0.3) is 21.5 Å². The zero-order valence-electron chi connectivity index (χ0n) is 8.68. The van der Waals surface area contributed by atoms with Crippen molar-refractivity contribution in [1.29, 1.82) is 0 Å². The van der Waals surface area contributed by atoms with Crippen molar-refractivity contribution in [1.82, 2.24) is 0 Å². The van der Waals surface area contributed by atoms with Crippen molar-refractivity contribution in [2.45, 2.75) is 0 Å². The average molecular weight is 232 g/mol. The Morgan fingerprint density at radius 2 is 1.41 bits per heavy atom. The molecule has 0 nitrogen and oxygen atoms in total. The van der Waals surface area contributed by atoms with Crippen LogP contribution in [0.15, 0.2) is 42.5 Å². The molecular weight excluding hydrogens is 225 g/mol. The summed E-state index contributed by atoms with van der Waals surface area (Å²) < 4.78 is 40.4. The molecule has 0 aliphatic heterocycles.